The first-order valence-corrected chi connectivity index (χ1v) is 9.47. The van der Waals surface area contributed by atoms with Crippen molar-refractivity contribution in [2.24, 2.45) is 0 Å². The Morgan fingerprint density at radius 1 is 0.963 bits per heavy atom. The molecule has 1 heterocycles. The molecule has 0 unspecified atom stereocenters. The topological polar surface area (TPSA) is 93.8 Å². The fourth-order valence-corrected chi connectivity index (χ4v) is 3.06. The number of urea groups is 1. The lowest BCUT2D eigenvalue weighted by atomic mass is 10.3. The summed E-state index contributed by atoms with van der Waals surface area (Å²) in [5.41, 5.74) is 0.601. The first-order chi connectivity index (χ1) is 13.0. The summed E-state index contributed by atoms with van der Waals surface area (Å²) in [4.78, 5) is 39.7. The number of carbonyl (C=O) groups is 3. The number of hydrogen-bond acceptors (Lipinski definition) is 5. The Morgan fingerprint density at radius 3 is 2.15 bits per heavy atom. The Kier molecular flexibility index (Phi) is 6.65. The van der Waals surface area contributed by atoms with Crippen LogP contribution in [0.1, 0.15) is 12.8 Å². The van der Waals surface area contributed by atoms with Crippen molar-refractivity contribution >= 4 is 35.1 Å². The molecule has 3 rings (SSSR count). The monoisotopic (exact) mass is 393 g/mol. The van der Waals surface area contributed by atoms with Crippen molar-refractivity contribution in [2.45, 2.75) is 18.9 Å². The van der Waals surface area contributed by atoms with Crippen molar-refractivity contribution in [3.05, 3.63) is 29.3 Å². The van der Waals surface area contributed by atoms with Gasteiger partial charge in [0, 0.05) is 32.2 Å². The molecule has 9 heteroatoms. The molecule has 2 fully saturated rings. The SMILES string of the molecule is O=C(CN1CCN(CC(=O)Nc2ccccc2Cl)CC1)NC(=O)NC1CC1. The number of nitrogens with one attached hydrogen (secondary N) is 3. The maximum absolute atomic E-state index is 12.2. The van der Waals surface area contributed by atoms with Crippen LogP contribution in [-0.4, -0.2) is 73.0 Å². The highest BCUT2D eigenvalue weighted by Crippen LogP contribution is 2.20. The van der Waals surface area contributed by atoms with Crippen LogP contribution in [0.5, 0.6) is 0 Å². The molecule has 27 heavy (non-hydrogen) atoms. The number of halogens is 1. The van der Waals surface area contributed by atoms with E-state index in [0.29, 0.717) is 36.9 Å². The lowest BCUT2D eigenvalue weighted by Crippen LogP contribution is -2.52. The molecule has 1 saturated carbocycles. The second-order valence-electron chi connectivity index (χ2n) is 6.88. The Bertz CT molecular complexity index is 702. The highest BCUT2D eigenvalue weighted by atomic mass is 35.5. The molecule has 0 aromatic heterocycles. The quantitative estimate of drug-likeness (QED) is 0.667. The molecule has 1 aliphatic carbocycles. The zero-order valence-corrected chi connectivity index (χ0v) is 15.8. The largest absolute Gasteiger partial charge is 0.335 e. The third-order valence-corrected chi connectivity index (χ3v) is 4.84. The molecule has 0 spiro atoms. The summed E-state index contributed by atoms with van der Waals surface area (Å²) < 4.78 is 0. The fraction of sp³-hybridized carbons (Fsp3) is 0.500. The van der Waals surface area contributed by atoms with Gasteiger partial charge in [-0.2, -0.15) is 0 Å². The zero-order valence-electron chi connectivity index (χ0n) is 15.0. The maximum atomic E-state index is 12.2. The molecular weight excluding hydrogens is 370 g/mol. The van der Waals surface area contributed by atoms with Crippen molar-refractivity contribution < 1.29 is 14.4 Å². The minimum atomic E-state index is -0.419. The van der Waals surface area contributed by atoms with Gasteiger partial charge in [-0.25, -0.2) is 4.79 Å². The molecule has 4 amide bonds. The van der Waals surface area contributed by atoms with Crippen molar-refractivity contribution in [1.29, 1.82) is 0 Å². The smallest absolute Gasteiger partial charge is 0.321 e. The summed E-state index contributed by atoms with van der Waals surface area (Å²) in [5.74, 6) is -0.427. The van der Waals surface area contributed by atoms with Crippen molar-refractivity contribution in [3.8, 4) is 0 Å². The summed E-state index contributed by atoms with van der Waals surface area (Å²) in [6.07, 6.45) is 1.96. The van der Waals surface area contributed by atoms with Crippen LogP contribution in [0.4, 0.5) is 10.5 Å². The zero-order chi connectivity index (χ0) is 19.2. The number of rotatable bonds is 6. The van der Waals surface area contributed by atoms with E-state index in [1.54, 1.807) is 12.1 Å². The molecule has 146 valence electrons. The predicted molar refractivity (Wildman–Crippen MR) is 103 cm³/mol. The molecular formula is C18H24ClN5O3. The van der Waals surface area contributed by atoms with E-state index in [9.17, 15) is 14.4 Å². The van der Waals surface area contributed by atoms with Crippen LogP contribution in [-0.2, 0) is 9.59 Å². The number of amides is 4. The average molecular weight is 394 g/mol. The van der Waals surface area contributed by atoms with Gasteiger partial charge in [0.15, 0.2) is 0 Å². The normalized spacial score (nSPS) is 18.0. The number of para-hydroxylation sites is 1. The van der Waals surface area contributed by atoms with Crippen LogP contribution < -0.4 is 16.0 Å². The highest BCUT2D eigenvalue weighted by Gasteiger charge is 2.25. The van der Waals surface area contributed by atoms with Gasteiger partial charge >= 0.3 is 6.03 Å². The first kappa shape index (κ1) is 19.6. The average Bonchev–Trinajstić information content (AvgIpc) is 3.42. The van der Waals surface area contributed by atoms with E-state index in [0.717, 1.165) is 12.8 Å². The van der Waals surface area contributed by atoms with Gasteiger partial charge in [0.2, 0.25) is 11.8 Å². The Hall–Kier alpha value is -2.16. The summed E-state index contributed by atoms with van der Waals surface area (Å²) in [7, 11) is 0. The summed E-state index contributed by atoms with van der Waals surface area (Å²) >= 11 is 6.04. The molecule has 2 aliphatic rings. The van der Waals surface area contributed by atoms with Gasteiger partial charge in [-0.3, -0.25) is 24.7 Å². The summed E-state index contributed by atoms with van der Waals surface area (Å²) in [6.45, 7) is 3.13. The minimum absolute atomic E-state index is 0.119. The number of hydrogen-bond donors (Lipinski definition) is 3. The molecule has 1 aromatic rings. The maximum Gasteiger partial charge on any atom is 0.321 e. The van der Waals surface area contributed by atoms with Crippen LogP contribution in [0.15, 0.2) is 24.3 Å². The van der Waals surface area contributed by atoms with Gasteiger partial charge in [0.05, 0.1) is 23.8 Å². The van der Waals surface area contributed by atoms with E-state index >= 15 is 0 Å². The molecule has 0 atom stereocenters. The van der Waals surface area contributed by atoms with Crippen LogP contribution in [0, 0.1) is 0 Å². The molecule has 8 nitrogen and oxygen atoms in total. The summed E-state index contributed by atoms with van der Waals surface area (Å²) in [6, 6.07) is 6.91. The second-order valence-corrected chi connectivity index (χ2v) is 7.28. The number of piperazine rings is 1. The van der Waals surface area contributed by atoms with E-state index in [1.165, 1.54) is 0 Å². The van der Waals surface area contributed by atoms with E-state index in [-0.39, 0.29) is 30.9 Å². The van der Waals surface area contributed by atoms with Gasteiger partial charge in [-0.15, -0.1) is 0 Å². The van der Waals surface area contributed by atoms with Crippen molar-refractivity contribution in [3.63, 3.8) is 0 Å². The van der Waals surface area contributed by atoms with E-state index < -0.39 is 6.03 Å². The van der Waals surface area contributed by atoms with Crippen LogP contribution in [0.3, 0.4) is 0 Å². The van der Waals surface area contributed by atoms with Gasteiger partial charge in [0.1, 0.15) is 0 Å². The number of imide groups is 1. The van der Waals surface area contributed by atoms with E-state index in [4.69, 9.17) is 11.6 Å². The Labute approximate surface area is 163 Å². The van der Waals surface area contributed by atoms with Crippen LogP contribution >= 0.6 is 11.6 Å². The second kappa shape index (κ2) is 9.16. The first-order valence-electron chi connectivity index (χ1n) is 9.09. The van der Waals surface area contributed by atoms with E-state index in [2.05, 4.69) is 16.0 Å². The number of anilines is 1. The van der Waals surface area contributed by atoms with E-state index in [1.807, 2.05) is 21.9 Å². The van der Waals surface area contributed by atoms with Crippen molar-refractivity contribution in [2.75, 3.05) is 44.6 Å². The van der Waals surface area contributed by atoms with Gasteiger partial charge in [-0.05, 0) is 25.0 Å². The van der Waals surface area contributed by atoms with Crippen LogP contribution in [0.25, 0.3) is 0 Å². The molecule has 0 bridgehead atoms. The lowest BCUT2D eigenvalue weighted by Gasteiger charge is -2.33. The number of carbonyl (C=O) groups excluding carboxylic acids is 3. The Balaban J connectivity index is 1.34. The molecule has 1 aromatic carbocycles. The molecule has 1 aliphatic heterocycles. The van der Waals surface area contributed by atoms with Gasteiger partial charge in [-0.1, -0.05) is 23.7 Å². The number of benzene rings is 1. The fourth-order valence-electron chi connectivity index (χ4n) is 2.88. The molecule has 3 N–H and O–H groups in total. The minimum Gasteiger partial charge on any atom is -0.335 e. The predicted octanol–water partition coefficient (Wildman–Crippen LogP) is 0.884. The van der Waals surface area contributed by atoms with Gasteiger partial charge in [0.25, 0.3) is 0 Å². The third-order valence-electron chi connectivity index (χ3n) is 4.51. The Morgan fingerprint density at radius 2 is 1.56 bits per heavy atom. The molecule has 0 radical (unpaired) electrons. The lowest BCUT2D eigenvalue weighted by molar-refractivity contribution is -0.122. The van der Waals surface area contributed by atoms with Gasteiger partial charge < -0.3 is 10.6 Å². The third kappa shape index (κ3) is 6.50. The van der Waals surface area contributed by atoms with Crippen LogP contribution in [0.2, 0.25) is 5.02 Å². The summed E-state index contributed by atoms with van der Waals surface area (Å²) in [5, 5.41) is 8.39. The number of nitrogens with zero attached hydrogens (tertiary/aromatic N) is 2. The standard InChI is InChI=1S/C18H24ClN5O3/c19-14-3-1-2-4-15(14)21-16(25)11-23-7-9-24(10-8-23)12-17(26)22-18(27)20-13-5-6-13/h1-4,13H,5-12H2,(H,21,25)(H2,20,22,26,27). The van der Waals surface area contributed by atoms with Crippen molar-refractivity contribution in [1.82, 2.24) is 20.4 Å². The highest BCUT2D eigenvalue weighted by molar-refractivity contribution is 6.33. The molecule has 1 saturated heterocycles.